The fourth-order valence-corrected chi connectivity index (χ4v) is 2.45. The lowest BCUT2D eigenvalue weighted by Gasteiger charge is -2.15. The van der Waals surface area contributed by atoms with Crippen LogP contribution in [0.25, 0.3) is 0 Å². The second kappa shape index (κ2) is 7.01. The number of carbonyl (C=O) groups excluding carboxylic acids is 1. The molecule has 1 amide bonds. The molecule has 5 nitrogen and oxygen atoms in total. The Morgan fingerprint density at radius 2 is 2.04 bits per heavy atom. The van der Waals surface area contributed by atoms with Crippen LogP contribution in [0.3, 0.4) is 0 Å². The molecule has 0 saturated heterocycles. The molecular formula is C18H18ClNO4. The van der Waals surface area contributed by atoms with E-state index in [1.807, 2.05) is 31.2 Å². The molecule has 2 aromatic rings. The molecule has 1 N–H and O–H groups in total. The highest BCUT2D eigenvalue weighted by molar-refractivity contribution is 6.31. The molecule has 0 unspecified atom stereocenters. The lowest BCUT2D eigenvalue weighted by atomic mass is 10.2. The molecule has 1 aliphatic heterocycles. The van der Waals surface area contributed by atoms with Crippen LogP contribution in [-0.2, 0) is 11.3 Å². The zero-order valence-electron chi connectivity index (χ0n) is 13.5. The van der Waals surface area contributed by atoms with Gasteiger partial charge in [-0.1, -0.05) is 17.7 Å². The summed E-state index contributed by atoms with van der Waals surface area (Å²) in [5, 5.41) is 3.52. The number of nitrogens with one attached hydrogen (secondary N) is 1. The standard InChI is InChI=1S/C18H18ClNO4/c1-11-7-14(4-5-15(11)19)24-12(2)18(21)20-9-13-3-6-16-17(8-13)23-10-22-16/h3-8,12H,9-10H2,1-2H3,(H,20,21)/t12-/m1/s1. The van der Waals surface area contributed by atoms with Crippen molar-refractivity contribution in [1.82, 2.24) is 5.32 Å². The Morgan fingerprint density at radius 3 is 2.83 bits per heavy atom. The maximum atomic E-state index is 12.2. The van der Waals surface area contributed by atoms with Crippen molar-refractivity contribution in [2.45, 2.75) is 26.5 Å². The van der Waals surface area contributed by atoms with Crippen molar-refractivity contribution >= 4 is 17.5 Å². The molecule has 0 fully saturated rings. The van der Waals surface area contributed by atoms with Crippen molar-refractivity contribution in [2.75, 3.05) is 6.79 Å². The van der Waals surface area contributed by atoms with E-state index < -0.39 is 6.10 Å². The Balaban J connectivity index is 1.55. The van der Waals surface area contributed by atoms with Crippen LogP contribution < -0.4 is 19.5 Å². The van der Waals surface area contributed by atoms with Crippen LogP contribution in [0.5, 0.6) is 17.2 Å². The predicted octanol–water partition coefficient (Wildman–Crippen LogP) is 3.46. The van der Waals surface area contributed by atoms with E-state index in [0.717, 1.165) is 16.9 Å². The van der Waals surface area contributed by atoms with E-state index in [1.54, 1.807) is 19.1 Å². The number of amides is 1. The highest BCUT2D eigenvalue weighted by atomic mass is 35.5. The molecule has 1 aliphatic rings. The second-order valence-electron chi connectivity index (χ2n) is 5.58. The third-order valence-corrected chi connectivity index (χ3v) is 4.14. The van der Waals surface area contributed by atoms with E-state index in [0.29, 0.717) is 23.1 Å². The van der Waals surface area contributed by atoms with Gasteiger partial charge in [-0.05, 0) is 55.3 Å². The Morgan fingerprint density at radius 1 is 1.25 bits per heavy atom. The van der Waals surface area contributed by atoms with E-state index in [1.165, 1.54) is 0 Å². The Hall–Kier alpha value is -2.40. The molecule has 0 saturated carbocycles. The molecule has 0 spiro atoms. The highest BCUT2D eigenvalue weighted by Crippen LogP contribution is 2.32. The number of hydrogen-bond acceptors (Lipinski definition) is 4. The molecule has 0 aliphatic carbocycles. The first-order valence-electron chi connectivity index (χ1n) is 7.62. The van der Waals surface area contributed by atoms with Crippen molar-refractivity contribution < 1.29 is 19.0 Å². The molecule has 6 heteroatoms. The number of rotatable bonds is 5. The number of halogens is 1. The fourth-order valence-electron chi connectivity index (χ4n) is 2.33. The van der Waals surface area contributed by atoms with E-state index in [9.17, 15) is 4.79 Å². The quantitative estimate of drug-likeness (QED) is 0.900. The summed E-state index contributed by atoms with van der Waals surface area (Å²) in [6.45, 7) is 4.22. The average molecular weight is 348 g/mol. The van der Waals surface area contributed by atoms with Gasteiger partial charge in [0.15, 0.2) is 17.6 Å². The minimum absolute atomic E-state index is 0.194. The second-order valence-corrected chi connectivity index (χ2v) is 5.98. The van der Waals surface area contributed by atoms with E-state index >= 15 is 0 Å². The van der Waals surface area contributed by atoms with Gasteiger partial charge in [-0.25, -0.2) is 0 Å². The predicted molar refractivity (Wildman–Crippen MR) is 90.7 cm³/mol. The first kappa shape index (κ1) is 16.5. The van der Waals surface area contributed by atoms with Crippen LogP contribution in [0.4, 0.5) is 0 Å². The number of ether oxygens (including phenoxy) is 3. The minimum atomic E-state index is -0.611. The van der Waals surface area contributed by atoms with Crippen LogP contribution in [-0.4, -0.2) is 18.8 Å². The van der Waals surface area contributed by atoms with Crippen molar-refractivity contribution in [3.63, 3.8) is 0 Å². The largest absolute Gasteiger partial charge is 0.481 e. The SMILES string of the molecule is Cc1cc(O[C@H](C)C(=O)NCc2ccc3c(c2)OCO3)ccc1Cl. The van der Waals surface area contributed by atoms with Gasteiger partial charge in [-0.2, -0.15) is 0 Å². The smallest absolute Gasteiger partial charge is 0.261 e. The average Bonchev–Trinajstić information content (AvgIpc) is 3.03. The third kappa shape index (κ3) is 3.74. The molecule has 0 radical (unpaired) electrons. The first-order chi connectivity index (χ1) is 11.5. The molecule has 126 valence electrons. The number of benzene rings is 2. The van der Waals surface area contributed by atoms with E-state index in [4.69, 9.17) is 25.8 Å². The normalized spacial score (nSPS) is 13.5. The van der Waals surface area contributed by atoms with Crippen LogP contribution in [0, 0.1) is 6.92 Å². The van der Waals surface area contributed by atoms with Crippen molar-refractivity contribution in [1.29, 1.82) is 0 Å². The third-order valence-electron chi connectivity index (χ3n) is 3.72. The fraction of sp³-hybridized carbons (Fsp3) is 0.278. The van der Waals surface area contributed by atoms with E-state index in [2.05, 4.69) is 5.32 Å². The first-order valence-corrected chi connectivity index (χ1v) is 8.00. The molecule has 3 rings (SSSR count). The molecular weight excluding hydrogens is 330 g/mol. The lowest BCUT2D eigenvalue weighted by molar-refractivity contribution is -0.127. The van der Waals surface area contributed by atoms with Crippen LogP contribution in [0.1, 0.15) is 18.1 Å². The number of fused-ring (bicyclic) bond motifs is 1. The Labute approximate surface area is 145 Å². The van der Waals surface area contributed by atoms with Gasteiger partial charge < -0.3 is 19.5 Å². The molecule has 1 heterocycles. The molecule has 24 heavy (non-hydrogen) atoms. The molecule has 1 atom stereocenters. The van der Waals surface area contributed by atoms with Crippen molar-refractivity contribution in [2.24, 2.45) is 0 Å². The zero-order chi connectivity index (χ0) is 17.1. The number of hydrogen-bond donors (Lipinski definition) is 1. The summed E-state index contributed by atoms with van der Waals surface area (Å²) in [6.07, 6.45) is -0.611. The summed E-state index contributed by atoms with van der Waals surface area (Å²) < 4.78 is 16.2. The lowest BCUT2D eigenvalue weighted by Crippen LogP contribution is -2.35. The minimum Gasteiger partial charge on any atom is -0.481 e. The van der Waals surface area contributed by atoms with Gasteiger partial charge in [0.05, 0.1) is 0 Å². The van der Waals surface area contributed by atoms with Gasteiger partial charge in [-0.3, -0.25) is 4.79 Å². The van der Waals surface area contributed by atoms with Gasteiger partial charge >= 0.3 is 0 Å². The molecule has 0 aromatic heterocycles. The topological polar surface area (TPSA) is 56.8 Å². The van der Waals surface area contributed by atoms with Crippen LogP contribution in [0.2, 0.25) is 5.02 Å². The monoisotopic (exact) mass is 347 g/mol. The van der Waals surface area contributed by atoms with Crippen molar-refractivity contribution in [3.05, 3.63) is 52.5 Å². The van der Waals surface area contributed by atoms with Gasteiger partial charge in [0.25, 0.3) is 5.91 Å². The maximum absolute atomic E-state index is 12.2. The van der Waals surface area contributed by atoms with Gasteiger partial charge in [0.1, 0.15) is 5.75 Å². The summed E-state index contributed by atoms with van der Waals surface area (Å²) in [7, 11) is 0. The van der Waals surface area contributed by atoms with Gasteiger partial charge in [0.2, 0.25) is 6.79 Å². The van der Waals surface area contributed by atoms with Crippen LogP contribution in [0.15, 0.2) is 36.4 Å². The van der Waals surface area contributed by atoms with E-state index in [-0.39, 0.29) is 12.7 Å². The summed E-state index contributed by atoms with van der Waals surface area (Å²) in [6, 6.07) is 10.9. The maximum Gasteiger partial charge on any atom is 0.261 e. The van der Waals surface area contributed by atoms with Crippen molar-refractivity contribution in [3.8, 4) is 17.2 Å². The summed E-state index contributed by atoms with van der Waals surface area (Å²) in [5.41, 5.74) is 1.84. The highest BCUT2D eigenvalue weighted by Gasteiger charge is 2.16. The summed E-state index contributed by atoms with van der Waals surface area (Å²) in [4.78, 5) is 12.2. The summed E-state index contributed by atoms with van der Waals surface area (Å²) in [5.74, 6) is 1.84. The zero-order valence-corrected chi connectivity index (χ0v) is 14.2. The Kier molecular flexibility index (Phi) is 4.81. The Bertz CT molecular complexity index is 763. The molecule has 2 aromatic carbocycles. The van der Waals surface area contributed by atoms with Gasteiger partial charge in [0, 0.05) is 11.6 Å². The molecule has 0 bridgehead atoms. The van der Waals surface area contributed by atoms with Gasteiger partial charge in [-0.15, -0.1) is 0 Å². The number of aryl methyl sites for hydroxylation is 1. The summed E-state index contributed by atoms with van der Waals surface area (Å²) >= 11 is 5.98. The number of carbonyl (C=O) groups is 1. The van der Waals surface area contributed by atoms with Crippen LogP contribution >= 0.6 is 11.6 Å².